The van der Waals surface area contributed by atoms with Crippen LogP contribution in [0.2, 0.25) is 0 Å². The summed E-state index contributed by atoms with van der Waals surface area (Å²) in [5.41, 5.74) is 2.62. The van der Waals surface area contributed by atoms with Crippen LogP contribution in [-0.2, 0) is 4.79 Å². The van der Waals surface area contributed by atoms with Gasteiger partial charge in [0, 0.05) is 11.3 Å². The summed E-state index contributed by atoms with van der Waals surface area (Å²) in [7, 11) is 0. The molecule has 0 unspecified atom stereocenters. The third kappa shape index (κ3) is 6.66. The average Bonchev–Trinajstić information content (AvgIpc) is 3.29. The molecule has 0 saturated carbocycles. The summed E-state index contributed by atoms with van der Waals surface area (Å²) in [6.07, 6.45) is 0. The Hall–Kier alpha value is -3.20. The quantitative estimate of drug-likeness (QED) is 0.322. The standard InChI is InChI=1S/C25H31N3O5S/c1-6-30-20-13-18(14-21(31-7-2)23(20)32-8-3)24-27-28-25(33-24)34-15-22(29)26-19-11-9-17(10-12-19)16(4)5/h9-14,16H,6-8,15H2,1-5H3,(H,26,29). The molecular weight excluding hydrogens is 454 g/mol. The Balaban J connectivity index is 1.68. The Bertz CT molecular complexity index is 1060. The maximum atomic E-state index is 12.3. The fourth-order valence-corrected chi connectivity index (χ4v) is 3.74. The van der Waals surface area contributed by atoms with E-state index >= 15 is 0 Å². The molecule has 1 amide bonds. The van der Waals surface area contributed by atoms with Crippen molar-refractivity contribution in [2.75, 3.05) is 30.9 Å². The summed E-state index contributed by atoms with van der Waals surface area (Å²) < 4.78 is 23.0. The van der Waals surface area contributed by atoms with E-state index in [1.165, 1.54) is 17.3 Å². The summed E-state index contributed by atoms with van der Waals surface area (Å²) in [5.74, 6) is 2.36. The Morgan fingerprint density at radius 2 is 1.59 bits per heavy atom. The van der Waals surface area contributed by atoms with Crippen molar-refractivity contribution in [3.8, 4) is 28.7 Å². The van der Waals surface area contributed by atoms with E-state index in [-0.39, 0.29) is 11.7 Å². The fraction of sp³-hybridized carbons (Fsp3) is 0.400. The lowest BCUT2D eigenvalue weighted by molar-refractivity contribution is -0.113. The molecule has 0 aliphatic heterocycles. The van der Waals surface area contributed by atoms with Crippen LogP contribution in [0.5, 0.6) is 17.2 Å². The number of aromatic nitrogens is 2. The molecule has 0 fully saturated rings. The number of ether oxygens (including phenoxy) is 3. The predicted octanol–water partition coefficient (Wildman–Crippen LogP) is 5.79. The van der Waals surface area contributed by atoms with Crippen LogP contribution in [0, 0.1) is 0 Å². The lowest BCUT2D eigenvalue weighted by Gasteiger charge is -2.16. The molecule has 3 rings (SSSR count). The summed E-state index contributed by atoms with van der Waals surface area (Å²) in [6, 6.07) is 11.4. The fourth-order valence-electron chi connectivity index (χ4n) is 3.17. The molecule has 1 N–H and O–H groups in total. The summed E-state index contributed by atoms with van der Waals surface area (Å²) in [5, 5.41) is 11.4. The molecule has 0 aliphatic carbocycles. The highest BCUT2D eigenvalue weighted by molar-refractivity contribution is 7.99. The number of carbonyl (C=O) groups is 1. The van der Waals surface area contributed by atoms with Gasteiger partial charge in [0.05, 0.1) is 25.6 Å². The number of rotatable bonds is 12. The molecule has 182 valence electrons. The van der Waals surface area contributed by atoms with Crippen LogP contribution < -0.4 is 19.5 Å². The summed E-state index contributed by atoms with van der Waals surface area (Å²) in [6.45, 7) is 11.4. The van der Waals surface area contributed by atoms with E-state index < -0.39 is 0 Å². The Labute approximate surface area is 204 Å². The molecule has 0 aliphatic rings. The van der Waals surface area contributed by atoms with Gasteiger partial charge in [-0.05, 0) is 56.5 Å². The molecule has 3 aromatic rings. The van der Waals surface area contributed by atoms with Gasteiger partial charge < -0.3 is 23.9 Å². The molecule has 0 radical (unpaired) electrons. The van der Waals surface area contributed by atoms with Crippen molar-refractivity contribution in [1.82, 2.24) is 10.2 Å². The van der Waals surface area contributed by atoms with Crippen molar-refractivity contribution in [3.63, 3.8) is 0 Å². The van der Waals surface area contributed by atoms with E-state index in [4.69, 9.17) is 18.6 Å². The van der Waals surface area contributed by atoms with Gasteiger partial charge in [-0.15, -0.1) is 10.2 Å². The number of benzene rings is 2. The highest BCUT2D eigenvalue weighted by Crippen LogP contribution is 2.42. The van der Waals surface area contributed by atoms with E-state index in [0.717, 1.165) is 5.69 Å². The molecule has 0 atom stereocenters. The van der Waals surface area contributed by atoms with E-state index in [0.29, 0.717) is 59.7 Å². The number of nitrogens with one attached hydrogen (secondary N) is 1. The number of amides is 1. The van der Waals surface area contributed by atoms with Crippen LogP contribution in [0.4, 0.5) is 5.69 Å². The summed E-state index contributed by atoms with van der Waals surface area (Å²) >= 11 is 1.17. The van der Waals surface area contributed by atoms with Crippen LogP contribution in [0.1, 0.15) is 46.1 Å². The Morgan fingerprint density at radius 3 is 2.15 bits per heavy atom. The smallest absolute Gasteiger partial charge is 0.277 e. The second kappa shape index (κ2) is 12.3. The van der Waals surface area contributed by atoms with Gasteiger partial charge in [0.25, 0.3) is 5.22 Å². The second-order valence-corrected chi connectivity index (χ2v) is 8.51. The highest BCUT2D eigenvalue weighted by atomic mass is 32.2. The zero-order valence-corrected chi connectivity index (χ0v) is 21.0. The normalized spacial score (nSPS) is 10.9. The molecule has 1 aromatic heterocycles. The van der Waals surface area contributed by atoms with Crippen molar-refractivity contribution in [2.45, 2.75) is 45.8 Å². The monoisotopic (exact) mass is 485 g/mol. The van der Waals surface area contributed by atoms with Crippen molar-refractivity contribution in [3.05, 3.63) is 42.0 Å². The maximum absolute atomic E-state index is 12.3. The molecule has 34 heavy (non-hydrogen) atoms. The molecule has 0 bridgehead atoms. The Morgan fingerprint density at radius 1 is 0.971 bits per heavy atom. The van der Waals surface area contributed by atoms with Crippen molar-refractivity contribution < 1.29 is 23.4 Å². The molecule has 8 nitrogen and oxygen atoms in total. The van der Waals surface area contributed by atoms with Gasteiger partial charge in [-0.2, -0.15) is 0 Å². The third-order valence-corrected chi connectivity index (χ3v) is 5.57. The number of anilines is 1. The predicted molar refractivity (Wildman–Crippen MR) is 133 cm³/mol. The van der Waals surface area contributed by atoms with E-state index in [1.807, 2.05) is 45.0 Å². The first-order valence-electron chi connectivity index (χ1n) is 11.4. The number of carbonyl (C=O) groups excluding carboxylic acids is 1. The van der Waals surface area contributed by atoms with Crippen LogP contribution in [0.25, 0.3) is 11.5 Å². The van der Waals surface area contributed by atoms with Gasteiger partial charge in [0.2, 0.25) is 17.5 Å². The minimum absolute atomic E-state index is 0.144. The minimum atomic E-state index is -0.152. The third-order valence-electron chi connectivity index (χ3n) is 4.75. The van der Waals surface area contributed by atoms with Gasteiger partial charge >= 0.3 is 0 Å². The van der Waals surface area contributed by atoms with Crippen molar-refractivity contribution in [1.29, 1.82) is 0 Å². The molecule has 9 heteroatoms. The van der Waals surface area contributed by atoms with E-state index in [2.05, 4.69) is 29.4 Å². The van der Waals surface area contributed by atoms with Gasteiger partial charge in [-0.25, -0.2) is 0 Å². The van der Waals surface area contributed by atoms with Crippen molar-refractivity contribution >= 4 is 23.4 Å². The van der Waals surface area contributed by atoms with Crippen LogP contribution in [0.15, 0.2) is 46.0 Å². The highest BCUT2D eigenvalue weighted by Gasteiger charge is 2.19. The molecule has 0 spiro atoms. The van der Waals surface area contributed by atoms with Crippen LogP contribution in [-0.4, -0.2) is 41.7 Å². The largest absolute Gasteiger partial charge is 0.490 e. The van der Waals surface area contributed by atoms with E-state index in [1.54, 1.807) is 12.1 Å². The van der Waals surface area contributed by atoms with E-state index in [9.17, 15) is 4.79 Å². The Kier molecular flexibility index (Phi) is 9.21. The first-order chi connectivity index (χ1) is 16.4. The number of hydrogen-bond acceptors (Lipinski definition) is 8. The second-order valence-electron chi connectivity index (χ2n) is 7.59. The molecular formula is C25H31N3O5S. The maximum Gasteiger partial charge on any atom is 0.277 e. The number of nitrogens with zero attached hydrogens (tertiary/aromatic N) is 2. The van der Waals surface area contributed by atoms with Gasteiger partial charge in [-0.1, -0.05) is 37.7 Å². The van der Waals surface area contributed by atoms with Crippen LogP contribution >= 0.6 is 11.8 Å². The minimum Gasteiger partial charge on any atom is -0.490 e. The zero-order valence-electron chi connectivity index (χ0n) is 20.2. The number of hydrogen-bond donors (Lipinski definition) is 1. The SMILES string of the molecule is CCOc1cc(-c2nnc(SCC(=O)Nc3ccc(C(C)C)cc3)o2)cc(OCC)c1OCC. The van der Waals surface area contributed by atoms with Gasteiger partial charge in [0.1, 0.15) is 0 Å². The van der Waals surface area contributed by atoms with Crippen molar-refractivity contribution in [2.24, 2.45) is 0 Å². The number of thioether (sulfide) groups is 1. The zero-order chi connectivity index (χ0) is 24.5. The lowest BCUT2D eigenvalue weighted by atomic mass is 10.0. The average molecular weight is 486 g/mol. The molecule has 2 aromatic carbocycles. The molecule has 0 saturated heterocycles. The van der Waals surface area contributed by atoms with Gasteiger partial charge in [0.15, 0.2) is 11.5 Å². The summed E-state index contributed by atoms with van der Waals surface area (Å²) in [4.78, 5) is 12.3. The topological polar surface area (TPSA) is 95.7 Å². The lowest BCUT2D eigenvalue weighted by Crippen LogP contribution is -2.14. The molecule has 1 heterocycles. The first-order valence-corrected chi connectivity index (χ1v) is 12.4. The first kappa shape index (κ1) is 25.4. The van der Waals surface area contributed by atoms with Gasteiger partial charge in [-0.3, -0.25) is 4.79 Å². The van der Waals surface area contributed by atoms with Crippen LogP contribution in [0.3, 0.4) is 0 Å².